The van der Waals surface area contributed by atoms with Crippen LogP contribution >= 0.6 is 0 Å². The van der Waals surface area contributed by atoms with Crippen LogP contribution in [0, 0.1) is 0 Å². The van der Waals surface area contributed by atoms with Gasteiger partial charge in [-0.25, -0.2) is 0 Å². The Kier molecular flexibility index (Phi) is 15.8. The van der Waals surface area contributed by atoms with Gasteiger partial charge in [-0.15, -0.1) is 0 Å². The Bertz CT molecular complexity index is 399. The van der Waals surface area contributed by atoms with Gasteiger partial charge in [-0.2, -0.15) is 0 Å². The molecule has 0 aromatic heterocycles. The molecule has 0 heterocycles. The van der Waals surface area contributed by atoms with Crippen LogP contribution in [0.4, 0.5) is 0 Å². The number of amides is 2. The molecule has 0 saturated carbocycles. The fraction of sp³-hybridized carbons (Fsp3) is 0.850. The average molecular weight is 371 g/mol. The van der Waals surface area contributed by atoms with Crippen LogP contribution in [0.1, 0.15) is 103 Å². The van der Waals surface area contributed by atoms with Gasteiger partial charge in [0.05, 0.1) is 6.42 Å². The van der Waals surface area contributed by atoms with E-state index >= 15 is 0 Å². The van der Waals surface area contributed by atoms with Crippen LogP contribution in [-0.4, -0.2) is 23.9 Å². The average Bonchev–Trinajstić information content (AvgIpc) is 2.58. The Morgan fingerprint density at radius 2 is 1.15 bits per heavy atom. The predicted molar refractivity (Wildman–Crippen MR) is 103 cm³/mol. The summed E-state index contributed by atoms with van der Waals surface area (Å²) in [7, 11) is 0. The molecular formula is C20H38N2O4. The molecule has 0 aromatic rings. The molecule has 1 unspecified atom stereocenters. The molecule has 0 fully saturated rings. The SMILES string of the molecule is CCCCCCCCCCCCCCCC(=O)OC(CC(N)=O)C(N)=O. The lowest BCUT2D eigenvalue weighted by Crippen LogP contribution is -2.36. The molecule has 0 aliphatic heterocycles. The van der Waals surface area contributed by atoms with E-state index in [4.69, 9.17) is 16.2 Å². The van der Waals surface area contributed by atoms with Crippen LogP contribution in [0.2, 0.25) is 0 Å². The first-order valence-corrected chi connectivity index (χ1v) is 10.2. The number of carbonyl (C=O) groups is 3. The van der Waals surface area contributed by atoms with Crippen LogP contribution in [0.15, 0.2) is 0 Å². The minimum atomic E-state index is -1.25. The van der Waals surface area contributed by atoms with Gasteiger partial charge < -0.3 is 16.2 Å². The van der Waals surface area contributed by atoms with Gasteiger partial charge in [-0.1, -0.05) is 84.0 Å². The highest BCUT2D eigenvalue weighted by molar-refractivity contribution is 5.87. The van der Waals surface area contributed by atoms with Gasteiger partial charge in [0.1, 0.15) is 0 Å². The second kappa shape index (κ2) is 16.9. The minimum absolute atomic E-state index is 0.236. The zero-order chi connectivity index (χ0) is 19.6. The van der Waals surface area contributed by atoms with Crippen molar-refractivity contribution in [1.82, 2.24) is 0 Å². The molecule has 6 nitrogen and oxygen atoms in total. The predicted octanol–water partition coefficient (Wildman–Crippen LogP) is 3.74. The zero-order valence-electron chi connectivity index (χ0n) is 16.5. The van der Waals surface area contributed by atoms with E-state index in [1.165, 1.54) is 64.2 Å². The summed E-state index contributed by atoms with van der Waals surface area (Å²) in [5.41, 5.74) is 10.1. The Morgan fingerprint density at radius 3 is 1.54 bits per heavy atom. The topological polar surface area (TPSA) is 112 Å². The van der Waals surface area contributed by atoms with Crippen molar-refractivity contribution in [3.63, 3.8) is 0 Å². The lowest BCUT2D eigenvalue weighted by atomic mass is 10.0. The normalized spacial score (nSPS) is 11.9. The van der Waals surface area contributed by atoms with Crippen molar-refractivity contribution < 1.29 is 19.1 Å². The number of nitrogens with two attached hydrogens (primary N) is 2. The van der Waals surface area contributed by atoms with E-state index in [0.29, 0.717) is 0 Å². The quantitative estimate of drug-likeness (QED) is 0.283. The van der Waals surface area contributed by atoms with Gasteiger partial charge in [-0.05, 0) is 6.42 Å². The lowest BCUT2D eigenvalue weighted by Gasteiger charge is -2.12. The molecule has 152 valence electrons. The second-order valence-electron chi connectivity index (χ2n) is 7.04. The second-order valence-corrected chi connectivity index (χ2v) is 7.04. The standard InChI is InChI=1S/C20H38N2O4/c1-2-3-4-5-6-7-8-9-10-11-12-13-14-15-19(24)26-17(20(22)25)16-18(21)23/h17H,2-16H2,1H3,(H2,21,23)(H2,22,25). The molecule has 0 aromatic carbocycles. The summed E-state index contributed by atoms with van der Waals surface area (Å²) < 4.78 is 4.92. The molecule has 0 saturated heterocycles. The van der Waals surface area contributed by atoms with Crippen molar-refractivity contribution >= 4 is 17.8 Å². The van der Waals surface area contributed by atoms with Crippen molar-refractivity contribution in [1.29, 1.82) is 0 Å². The van der Waals surface area contributed by atoms with E-state index in [2.05, 4.69) is 6.92 Å². The van der Waals surface area contributed by atoms with E-state index in [-0.39, 0.29) is 12.8 Å². The summed E-state index contributed by atoms with van der Waals surface area (Å²) in [6.45, 7) is 2.24. The highest BCUT2D eigenvalue weighted by Crippen LogP contribution is 2.13. The lowest BCUT2D eigenvalue weighted by molar-refractivity contribution is -0.156. The van der Waals surface area contributed by atoms with Gasteiger partial charge >= 0.3 is 5.97 Å². The third kappa shape index (κ3) is 15.9. The summed E-state index contributed by atoms with van der Waals surface area (Å²) in [4.78, 5) is 33.6. The Hall–Kier alpha value is -1.59. The van der Waals surface area contributed by atoms with Crippen LogP contribution in [0.3, 0.4) is 0 Å². The summed E-state index contributed by atoms with van der Waals surface area (Å²) in [5.74, 6) is -2.07. The number of hydrogen-bond donors (Lipinski definition) is 2. The number of ether oxygens (including phenoxy) is 1. The Morgan fingerprint density at radius 1 is 0.731 bits per heavy atom. The molecule has 0 radical (unpaired) electrons. The Labute approximate surface area is 158 Å². The van der Waals surface area contributed by atoms with Crippen LogP contribution in [0.5, 0.6) is 0 Å². The smallest absolute Gasteiger partial charge is 0.306 e. The zero-order valence-corrected chi connectivity index (χ0v) is 16.5. The first kappa shape index (κ1) is 24.4. The molecule has 0 aliphatic rings. The van der Waals surface area contributed by atoms with Gasteiger partial charge in [0.15, 0.2) is 6.10 Å². The molecule has 0 aliphatic carbocycles. The van der Waals surface area contributed by atoms with Crippen molar-refractivity contribution in [2.24, 2.45) is 11.5 Å². The molecule has 2 amide bonds. The maximum Gasteiger partial charge on any atom is 0.306 e. The largest absolute Gasteiger partial charge is 0.452 e. The summed E-state index contributed by atoms with van der Waals surface area (Å²) in [5, 5.41) is 0. The van der Waals surface area contributed by atoms with Gasteiger partial charge in [0.25, 0.3) is 5.91 Å². The third-order valence-electron chi connectivity index (χ3n) is 4.46. The van der Waals surface area contributed by atoms with E-state index in [0.717, 1.165) is 19.3 Å². The molecule has 0 spiro atoms. The van der Waals surface area contributed by atoms with Crippen LogP contribution in [-0.2, 0) is 19.1 Å². The fourth-order valence-corrected chi connectivity index (χ4v) is 2.89. The summed E-state index contributed by atoms with van der Waals surface area (Å²) in [6, 6.07) is 0. The molecule has 1 atom stereocenters. The van der Waals surface area contributed by atoms with Gasteiger partial charge in [-0.3, -0.25) is 14.4 Å². The molecule has 0 rings (SSSR count). The van der Waals surface area contributed by atoms with Crippen molar-refractivity contribution in [3.05, 3.63) is 0 Å². The summed E-state index contributed by atoms with van der Waals surface area (Å²) in [6.07, 6.45) is 14.6. The number of unbranched alkanes of at least 4 members (excludes halogenated alkanes) is 12. The van der Waals surface area contributed by atoms with Gasteiger partial charge in [0, 0.05) is 6.42 Å². The van der Waals surface area contributed by atoms with Gasteiger partial charge in [0.2, 0.25) is 5.91 Å². The third-order valence-corrected chi connectivity index (χ3v) is 4.46. The molecule has 26 heavy (non-hydrogen) atoms. The number of esters is 1. The molecule has 4 N–H and O–H groups in total. The highest BCUT2D eigenvalue weighted by Gasteiger charge is 2.22. The monoisotopic (exact) mass is 370 g/mol. The minimum Gasteiger partial charge on any atom is -0.452 e. The first-order valence-electron chi connectivity index (χ1n) is 10.2. The maximum absolute atomic E-state index is 11.7. The maximum atomic E-state index is 11.7. The van der Waals surface area contributed by atoms with E-state index < -0.39 is 23.9 Å². The molecule has 0 bridgehead atoms. The van der Waals surface area contributed by atoms with Crippen molar-refractivity contribution in [2.45, 2.75) is 109 Å². The number of carbonyl (C=O) groups excluding carboxylic acids is 3. The summed E-state index contributed by atoms with van der Waals surface area (Å²) >= 11 is 0. The van der Waals surface area contributed by atoms with E-state index in [1.54, 1.807) is 0 Å². The van der Waals surface area contributed by atoms with E-state index in [1.807, 2.05) is 0 Å². The van der Waals surface area contributed by atoms with Crippen molar-refractivity contribution in [2.75, 3.05) is 0 Å². The number of primary amides is 2. The molecular weight excluding hydrogens is 332 g/mol. The van der Waals surface area contributed by atoms with Crippen LogP contribution in [0.25, 0.3) is 0 Å². The molecule has 6 heteroatoms. The Balaban J connectivity index is 3.47. The van der Waals surface area contributed by atoms with Crippen LogP contribution < -0.4 is 11.5 Å². The fourth-order valence-electron chi connectivity index (χ4n) is 2.89. The van der Waals surface area contributed by atoms with E-state index in [9.17, 15) is 14.4 Å². The number of rotatable bonds is 18. The first-order chi connectivity index (χ1) is 12.5. The number of hydrogen-bond acceptors (Lipinski definition) is 4. The highest BCUT2D eigenvalue weighted by atomic mass is 16.5. The van der Waals surface area contributed by atoms with Crippen molar-refractivity contribution in [3.8, 4) is 0 Å².